The zero-order chi connectivity index (χ0) is 12.3. The Hall–Kier alpha value is -0.420. The summed E-state index contributed by atoms with van der Waals surface area (Å²) < 4.78 is 5.22. The molecule has 2 unspecified atom stereocenters. The number of thiophene rings is 1. The second kappa shape index (κ2) is 5.48. The molecule has 1 saturated carbocycles. The van der Waals surface area contributed by atoms with Crippen molar-refractivity contribution in [3.05, 3.63) is 22.4 Å². The number of aliphatic hydroxyl groups is 1. The predicted octanol–water partition coefficient (Wildman–Crippen LogP) is 1.97. The number of rotatable bonds is 7. The lowest BCUT2D eigenvalue weighted by molar-refractivity contribution is 0.0476. The Morgan fingerprint density at radius 2 is 2.41 bits per heavy atom. The molecular weight excluding hydrogens is 234 g/mol. The Kier molecular flexibility index (Phi) is 4.20. The summed E-state index contributed by atoms with van der Waals surface area (Å²) in [6, 6.07) is 2.36. The third-order valence-corrected chi connectivity index (χ3v) is 4.07. The van der Waals surface area contributed by atoms with Gasteiger partial charge >= 0.3 is 0 Å². The molecule has 0 spiro atoms. The first-order chi connectivity index (χ1) is 8.13. The molecule has 0 amide bonds. The van der Waals surface area contributed by atoms with E-state index in [1.54, 1.807) is 18.4 Å². The Labute approximate surface area is 107 Å². The molecule has 96 valence electrons. The lowest BCUT2D eigenvalue weighted by Crippen LogP contribution is -2.43. The van der Waals surface area contributed by atoms with Gasteiger partial charge in [0.25, 0.3) is 0 Å². The van der Waals surface area contributed by atoms with Crippen LogP contribution in [0.4, 0.5) is 0 Å². The van der Waals surface area contributed by atoms with Crippen LogP contribution in [0.2, 0.25) is 0 Å². The van der Waals surface area contributed by atoms with Crippen LogP contribution in [0.15, 0.2) is 16.8 Å². The Morgan fingerprint density at radius 1 is 1.65 bits per heavy atom. The van der Waals surface area contributed by atoms with Crippen molar-refractivity contribution in [2.24, 2.45) is 5.92 Å². The van der Waals surface area contributed by atoms with Crippen molar-refractivity contribution in [3.8, 4) is 0 Å². The summed E-state index contributed by atoms with van der Waals surface area (Å²) >= 11 is 1.62. The van der Waals surface area contributed by atoms with E-state index in [1.165, 1.54) is 12.8 Å². The second-order valence-electron chi connectivity index (χ2n) is 5.07. The maximum Gasteiger partial charge on any atom is 0.1000 e. The molecule has 1 aromatic heterocycles. The van der Waals surface area contributed by atoms with E-state index in [0.29, 0.717) is 12.6 Å². The van der Waals surface area contributed by atoms with Crippen LogP contribution in [-0.4, -0.2) is 31.4 Å². The van der Waals surface area contributed by atoms with E-state index in [4.69, 9.17) is 4.74 Å². The zero-order valence-electron chi connectivity index (χ0n) is 10.5. The summed E-state index contributed by atoms with van der Waals surface area (Å²) in [7, 11) is 1.73. The van der Waals surface area contributed by atoms with Gasteiger partial charge < -0.3 is 15.2 Å². The maximum atomic E-state index is 10.4. The van der Waals surface area contributed by atoms with E-state index in [2.05, 4.69) is 5.32 Å². The number of methoxy groups -OCH3 is 1. The van der Waals surface area contributed by atoms with Gasteiger partial charge in [-0.1, -0.05) is 0 Å². The lowest BCUT2D eigenvalue weighted by Gasteiger charge is -2.26. The molecule has 1 aliphatic carbocycles. The SMILES string of the molecule is COCC(NCC(C)(O)c1ccsc1)C1CC1. The quantitative estimate of drug-likeness (QED) is 0.782. The maximum absolute atomic E-state index is 10.4. The van der Waals surface area contributed by atoms with Crippen LogP contribution in [-0.2, 0) is 10.3 Å². The van der Waals surface area contributed by atoms with Crippen LogP contribution in [0.1, 0.15) is 25.3 Å². The van der Waals surface area contributed by atoms with Crippen LogP contribution < -0.4 is 5.32 Å². The van der Waals surface area contributed by atoms with Crippen LogP contribution >= 0.6 is 11.3 Å². The molecule has 0 aromatic carbocycles. The van der Waals surface area contributed by atoms with Crippen molar-refractivity contribution in [2.75, 3.05) is 20.3 Å². The fourth-order valence-corrected chi connectivity index (χ4v) is 2.83. The molecule has 4 heteroatoms. The monoisotopic (exact) mass is 255 g/mol. The fourth-order valence-electron chi connectivity index (χ4n) is 2.04. The molecule has 3 nitrogen and oxygen atoms in total. The highest BCUT2D eigenvalue weighted by Gasteiger charge is 2.33. The standard InChI is InChI=1S/C13H21NO2S/c1-13(15,11-5-6-17-8-11)9-14-12(7-16-2)10-3-4-10/h5-6,8,10,12,14-15H,3-4,7,9H2,1-2H3. The normalized spacial score (nSPS) is 21.1. The third kappa shape index (κ3) is 3.52. The van der Waals surface area contributed by atoms with Crippen molar-refractivity contribution >= 4 is 11.3 Å². The van der Waals surface area contributed by atoms with E-state index >= 15 is 0 Å². The van der Waals surface area contributed by atoms with Gasteiger partial charge in [0.05, 0.1) is 12.2 Å². The van der Waals surface area contributed by atoms with Gasteiger partial charge in [-0.15, -0.1) is 0 Å². The van der Waals surface area contributed by atoms with E-state index in [-0.39, 0.29) is 0 Å². The highest BCUT2D eigenvalue weighted by atomic mass is 32.1. The Balaban J connectivity index is 1.87. The van der Waals surface area contributed by atoms with Crippen LogP contribution in [0.25, 0.3) is 0 Å². The van der Waals surface area contributed by atoms with Crippen molar-refractivity contribution in [1.29, 1.82) is 0 Å². The van der Waals surface area contributed by atoms with Gasteiger partial charge in [0.1, 0.15) is 0 Å². The molecule has 1 fully saturated rings. The smallest absolute Gasteiger partial charge is 0.1000 e. The van der Waals surface area contributed by atoms with E-state index < -0.39 is 5.60 Å². The Bertz CT molecular complexity index is 333. The van der Waals surface area contributed by atoms with Gasteiger partial charge in [-0.2, -0.15) is 11.3 Å². The van der Waals surface area contributed by atoms with Crippen LogP contribution in [0.3, 0.4) is 0 Å². The third-order valence-electron chi connectivity index (χ3n) is 3.39. The largest absolute Gasteiger partial charge is 0.384 e. The summed E-state index contributed by atoms with van der Waals surface area (Å²) in [5.74, 6) is 0.730. The molecule has 17 heavy (non-hydrogen) atoms. The summed E-state index contributed by atoms with van der Waals surface area (Å²) in [4.78, 5) is 0. The molecule has 1 heterocycles. The highest BCUT2D eigenvalue weighted by molar-refractivity contribution is 7.08. The average molecular weight is 255 g/mol. The van der Waals surface area contributed by atoms with Crippen molar-refractivity contribution in [1.82, 2.24) is 5.32 Å². The number of ether oxygens (including phenoxy) is 1. The second-order valence-corrected chi connectivity index (χ2v) is 5.85. The topological polar surface area (TPSA) is 41.5 Å². The summed E-state index contributed by atoms with van der Waals surface area (Å²) in [5.41, 5.74) is 0.197. The van der Waals surface area contributed by atoms with Gasteiger partial charge in [-0.25, -0.2) is 0 Å². The summed E-state index contributed by atoms with van der Waals surface area (Å²) in [6.45, 7) is 3.16. The van der Waals surface area contributed by atoms with Crippen LogP contribution in [0.5, 0.6) is 0 Å². The van der Waals surface area contributed by atoms with Crippen molar-refractivity contribution in [2.45, 2.75) is 31.4 Å². The Morgan fingerprint density at radius 3 is 2.94 bits per heavy atom. The molecule has 0 bridgehead atoms. The predicted molar refractivity (Wildman–Crippen MR) is 70.3 cm³/mol. The van der Waals surface area contributed by atoms with E-state index in [1.807, 2.05) is 23.8 Å². The van der Waals surface area contributed by atoms with Gasteiger partial charge in [0, 0.05) is 19.7 Å². The molecular formula is C13H21NO2S. The molecule has 0 aliphatic heterocycles. The highest BCUT2D eigenvalue weighted by Crippen LogP contribution is 2.33. The van der Waals surface area contributed by atoms with Crippen LogP contribution in [0, 0.1) is 5.92 Å². The minimum absolute atomic E-state index is 0.380. The van der Waals surface area contributed by atoms with E-state index in [9.17, 15) is 5.11 Å². The molecule has 1 aromatic rings. The first-order valence-corrected chi connectivity index (χ1v) is 7.05. The van der Waals surface area contributed by atoms with Gasteiger partial charge in [-0.3, -0.25) is 0 Å². The summed E-state index contributed by atoms with van der Waals surface area (Å²) in [5, 5.41) is 17.8. The van der Waals surface area contributed by atoms with Gasteiger partial charge in [0.2, 0.25) is 0 Å². The van der Waals surface area contributed by atoms with E-state index in [0.717, 1.165) is 18.1 Å². The molecule has 0 saturated heterocycles. The first kappa shape index (κ1) is 13.0. The molecule has 1 aliphatic rings. The first-order valence-electron chi connectivity index (χ1n) is 6.11. The molecule has 2 rings (SSSR count). The van der Waals surface area contributed by atoms with Gasteiger partial charge in [0.15, 0.2) is 0 Å². The average Bonchev–Trinajstić information content (AvgIpc) is 2.97. The number of hydrogen-bond acceptors (Lipinski definition) is 4. The lowest BCUT2D eigenvalue weighted by atomic mass is 9.98. The van der Waals surface area contributed by atoms with Crippen molar-refractivity contribution < 1.29 is 9.84 Å². The zero-order valence-corrected chi connectivity index (χ0v) is 11.3. The minimum atomic E-state index is -0.791. The molecule has 2 atom stereocenters. The van der Waals surface area contributed by atoms with Gasteiger partial charge in [-0.05, 0) is 48.1 Å². The minimum Gasteiger partial charge on any atom is -0.384 e. The number of nitrogens with one attached hydrogen (secondary N) is 1. The summed E-state index contributed by atoms with van der Waals surface area (Å²) in [6.07, 6.45) is 2.56. The molecule has 2 N–H and O–H groups in total. The molecule has 0 radical (unpaired) electrons. The fraction of sp³-hybridized carbons (Fsp3) is 0.692. The van der Waals surface area contributed by atoms with Crippen molar-refractivity contribution in [3.63, 3.8) is 0 Å². The number of hydrogen-bond donors (Lipinski definition) is 2.